The number of hydrogen-bond acceptors (Lipinski definition) is 6. The number of hydrogen-bond donors (Lipinski definition) is 1. The molecule has 1 aromatic heterocycles. The third kappa shape index (κ3) is 2.53. The highest BCUT2D eigenvalue weighted by atomic mass is 35.5. The molecule has 5 nitrogen and oxygen atoms in total. The lowest BCUT2D eigenvalue weighted by Crippen LogP contribution is -1.70. The van der Waals surface area contributed by atoms with Crippen LogP contribution in [0.1, 0.15) is 5.82 Å². The van der Waals surface area contributed by atoms with E-state index in [4.69, 9.17) is 16.7 Å². The average Bonchev–Trinajstić information content (AvgIpc) is 2.63. The first-order valence-electron chi connectivity index (χ1n) is 4.36. The Bertz CT molecular complexity index is 540. The van der Waals surface area contributed by atoms with Crippen LogP contribution in [0, 0.1) is 6.92 Å². The van der Waals surface area contributed by atoms with Gasteiger partial charge in [0.15, 0.2) is 0 Å². The summed E-state index contributed by atoms with van der Waals surface area (Å²) < 4.78 is 3.97. The molecule has 1 N–H and O–H groups in total. The van der Waals surface area contributed by atoms with Gasteiger partial charge in [0.25, 0.3) is 0 Å². The second kappa shape index (κ2) is 4.54. The molecular formula is C9H7ClN4OS. The van der Waals surface area contributed by atoms with Gasteiger partial charge in [0, 0.05) is 17.6 Å². The molecule has 0 spiro atoms. The van der Waals surface area contributed by atoms with E-state index in [9.17, 15) is 0 Å². The van der Waals surface area contributed by atoms with Gasteiger partial charge in [0.05, 0.1) is 5.02 Å². The number of aromatic hydroxyl groups is 1. The summed E-state index contributed by atoms with van der Waals surface area (Å²) in [6, 6.07) is 4.47. The summed E-state index contributed by atoms with van der Waals surface area (Å²) in [6.45, 7) is 1.78. The van der Waals surface area contributed by atoms with Gasteiger partial charge < -0.3 is 5.11 Å². The van der Waals surface area contributed by atoms with Crippen LogP contribution in [0.2, 0.25) is 5.02 Å². The maximum Gasteiger partial charge on any atom is 0.249 e. The van der Waals surface area contributed by atoms with E-state index < -0.39 is 0 Å². The largest absolute Gasteiger partial charge is 0.508 e. The standard InChI is InChI=1S/C9H7ClN4OS/c1-5-11-9(16-14-5)13-12-8-3-2-6(15)4-7(8)10/h2-4,15H,1H3/b13-12+. The number of halogens is 1. The van der Waals surface area contributed by atoms with Crippen LogP contribution in [0.3, 0.4) is 0 Å². The van der Waals surface area contributed by atoms with E-state index in [2.05, 4.69) is 19.6 Å². The number of phenolic OH excluding ortho intramolecular Hbond substituents is 1. The fraction of sp³-hybridized carbons (Fsp3) is 0.111. The third-order valence-electron chi connectivity index (χ3n) is 1.69. The SMILES string of the molecule is Cc1nsc(/N=N/c2ccc(O)cc2Cl)n1. The van der Waals surface area contributed by atoms with Crippen LogP contribution < -0.4 is 0 Å². The first-order chi connectivity index (χ1) is 7.65. The topological polar surface area (TPSA) is 70.7 Å². The van der Waals surface area contributed by atoms with Gasteiger partial charge in [-0.3, -0.25) is 0 Å². The first kappa shape index (κ1) is 11.0. The van der Waals surface area contributed by atoms with E-state index in [1.165, 1.54) is 12.1 Å². The highest BCUT2D eigenvalue weighted by Crippen LogP contribution is 2.30. The number of azo groups is 1. The minimum Gasteiger partial charge on any atom is -0.508 e. The van der Waals surface area contributed by atoms with Gasteiger partial charge in [-0.1, -0.05) is 11.6 Å². The van der Waals surface area contributed by atoms with Gasteiger partial charge in [0.1, 0.15) is 17.3 Å². The quantitative estimate of drug-likeness (QED) is 0.832. The molecule has 2 rings (SSSR count). The molecule has 16 heavy (non-hydrogen) atoms. The minimum atomic E-state index is 0.0932. The van der Waals surface area contributed by atoms with Crippen molar-refractivity contribution in [3.8, 4) is 5.75 Å². The Morgan fingerprint density at radius 3 is 2.81 bits per heavy atom. The number of aromatic nitrogens is 2. The van der Waals surface area contributed by atoms with Crippen LogP contribution in [0.15, 0.2) is 28.4 Å². The molecule has 82 valence electrons. The van der Waals surface area contributed by atoms with E-state index in [0.717, 1.165) is 11.5 Å². The monoisotopic (exact) mass is 254 g/mol. The maximum atomic E-state index is 9.15. The summed E-state index contributed by atoms with van der Waals surface area (Å²) in [5.41, 5.74) is 0.479. The highest BCUT2D eigenvalue weighted by Gasteiger charge is 2.01. The Morgan fingerprint density at radius 1 is 1.38 bits per heavy atom. The summed E-state index contributed by atoms with van der Waals surface area (Å²) in [4.78, 5) is 4.03. The van der Waals surface area contributed by atoms with E-state index >= 15 is 0 Å². The molecule has 0 saturated carbocycles. The molecule has 0 amide bonds. The molecule has 0 fully saturated rings. The third-order valence-corrected chi connectivity index (χ3v) is 2.69. The molecule has 2 aromatic rings. The second-order valence-electron chi connectivity index (χ2n) is 2.96. The number of benzene rings is 1. The van der Waals surface area contributed by atoms with Crippen molar-refractivity contribution in [2.75, 3.05) is 0 Å². The molecular weight excluding hydrogens is 248 g/mol. The van der Waals surface area contributed by atoms with Crippen molar-refractivity contribution in [1.29, 1.82) is 0 Å². The zero-order valence-corrected chi connectivity index (χ0v) is 9.83. The smallest absolute Gasteiger partial charge is 0.249 e. The van der Waals surface area contributed by atoms with Crippen LogP contribution >= 0.6 is 23.1 Å². The van der Waals surface area contributed by atoms with E-state index in [1.54, 1.807) is 13.0 Å². The predicted octanol–water partition coefficient (Wildman–Crippen LogP) is 3.62. The normalized spacial score (nSPS) is 11.1. The molecule has 1 heterocycles. The number of rotatable bonds is 2. The number of phenols is 1. The van der Waals surface area contributed by atoms with Gasteiger partial charge in [-0.15, -0.1) is 10.2 Å². The Kier molecular flexibility index (Phi) is 3.12. The van der Waals surface area contributed by atoms with E-state index in [1.807, 2.05) is 0 Å². The van der Waals surface area contributed by atoms with Crippen molar-refractivity contribution in [3.05, 3.63) is 29.0 Å². The Balaban J connectivity index is 2.23. The van der Waals surface area contributed by atoms with Crippen molar-refractivity contribution >= 4 is 34.0 Å². The van der Waals surface area contributed by atoms with Crippen LogP contribution in [-0.4, -0.2) is 14.5 Å². The lowest BCUT2D eigenvalue weighted by Gasteiger charge is -1.96. The molecule has 1 aromatic carbocycles. The van der Waals surface area contributed by atoms with Gasteiger partial charge >= 0.3 is 0 Å². The Morgan fingerprint density at radius 2 is 2.19 bits per heavy atom. The molecule has 7 heteroatoms. The molecule has 0 saturated heterocycles. The van der Waals surface area contributed by atoms with Gasteiger partial charge in [-0.05, 0) is 19.1 Å². The fourth-order valence-corrected chi connectivity index (χ4v) is 1.72. The van der Waals surface area contributed by atoms with Gasteiger partial charge in [-0.25, -0.2) is 4.98 Å². The highest BCUT2D eigenvalue weighted by molar-refractivity contribution is 7.09. The predicted molar refractivity (Wildman–Crippen MR) is 61.9 cm³/mol. The fourth-order valence-electron chi connectivity index (χ4n) is 1.00. The molecule has 0 bridgehead atoms. The summed E-state index contributed by atoms with van der Waals surface area (Å²) in [7, 11) is 0. The maximum absolute atomic E-state index is 9.15. The van der Waals surface area contributed by atoms with Crippen molar-refractivity contribution in [3.63, 3.8) is 0 Å². The van der Waals surface area contributed by atoms with E-state index in [-0.39, 0.29) is 5.75 Å². The van der Waals surface area contributed by atoms with E-state index in [0.29, 0.717) is 21.7 Å². The second-order valence-corrected chi connectivity index (χ2v) is 4.10. The average molecular weight is 255 g/mol. The molecule has 0 aliphatic carbocycles. The number of aryl methyl sites for hydroxylation is 1. The van der Waals surface area contributed by atoms with Crippen molar-refractivity contribution < 1.29 is 5.11 Å². The zero-order valence-electron chi connectivity index (χ0n) is 8.25. The van der Waals surface area contributed by atoms with Crippen molar-refractivity contribution in [1.82, 2.24) is 9.36 Å². The van der Waals surface area contributed by atoms with Crippen LogP contribution in [0.5, 0.6) is 5.75 Å². The minimum absolute atomic E-state index is 0.0932. The van der Waals surface area contributed by atoms with Crippen LogP contribution in [0.4, 0.5) is 10.8 Å². The van der Waals surface area contributed by atoms with Crippen molar-refractivity contribution in [2.45, 2.75) is 6.92 Å². The first-order valence-corrected chi connectivity index (χ1v) is 5.51. The lowest BCUT2D eigenvalue weighted by molar-refractivity contribution is 0.475. The number of nitrogens with zero attached hydrogens (tertiary/aromatic N) is 4. The molecule has 0 radical (unpaired) electrons. The summed E-state index contributed by atoms with van der Waals surface area (Å²) in [6.07, 6.45) is 0. The molecule has 0 unspecified atom stereocenters. The summed E-state index contributed by atoms with van der Waals surface area (Å²) in [5.74, 6) is 0.756. The van der Waals surface area contributed by atoms with Crippen LogP contribution in [0.25, 0.3) is 0 Å². The van der Waals surface area contributed by atoms with Crippen molar-refractivity contribution in [2.24, 2.45) is 10.2 Å². The molecule has 0 aliphatic heterocycles. The zero-order chi connectivity index (χ0) is 11.5. The lowest BCUT2D eigenvalue weighted by atomic mass is 10.3. The van der Waals surface area contributed by atoms with Gasteiger partial charge in [-0.2, -0.15) is 4.37 Å². The molecule has 0 aliphatic rings. The molecule has 0 atom stereocenters. The summed E-state index contributed by atoms with van der Waals surface area (Å²) >= 11 is 7.02. The van der Waals surface area contributed by atoms with Crippen LogP contribution in [-0.2, 0) is 0 Å². The Hall–Kier alpha value is -1.53. The summed E-state index contributed by atoms with van der Waals surface area (Å²) in [5, 5.41) is 17.8. The Labute approximate surface area is 101 Å². The van der Waals surface area contributed by atoms with Gasteiger partial charge in [0.2, 0.25) is 5.13 Å².